The summed E-state index contributed by atoms with van der Waals surface area (Å²) < 4.78 is 13.2. The van der Waals surface area contributed by atoms with E-state index in [1.165, 1.54) is 18.2 Å². The number of nitrogens with one attached hydrogen (secondary N) is 1. The number of nitrogens with two attached hydrogens (primary N) is 1. The van der Waals surface area contributed by atoms with Crippen molar-refractivity contribution in [2.45, 2.75) is 6.54 Å². The fraction of sp³-hybridized carbons (Fsp3) is 0.143. The molecule has 0 radical (unpaired) electrons. The number of nitrogen functional groups attached to an aromatic ring is 1. The number of nitro groups is 1. The number of halogens is 1. The quantitative estimate of drug-likeness (QED) is 0.502. The smallest absolute Gasteiger partial charge is 0.293 e. The van der Waals surface area contributed by atoms with Gasteiger partial charge in [0.15, 0.2) is 0 Å². The van der Waals surface area contributed by atoms with Gasteiger partial charge in [-0.1, -0.05) is 12.1 Å². The van der Waals surface area contributed by atoms with Gasteiger partial charge >= 0.3 is 0 Å². The summed E-state index contributed by atoms with van der Waals surface area (Å²) in [6.45, 7) is 0.412. The summed E-state index contributed by atoms with van der Waals surface area (Å²) in [4.78, 5) is 12.3. The first-order valence-electron chi connectivity index (χ1n) is 6.22. The fourth-order valence-corrected chi connectivity index (χ4v) is 2.03. The molecule has 0 heterocycles. The number of nitrogens with zero attached hydrogens (tertiary/aromatic N) is 2. The van der Waals surface area contributed by atoms with Crippen LogP contribution in [0.1, 0.15) is 5.56 Å². The third-order valence-electron chi connectivity index (χ3n) is 3.08. The third-order valence-corrected chi connectivity index (χ3v) is 3.08. The minimum Gasteiger partial charge on any atom is -0.370 e. The van der Waals surface area contributed by atoms with Crippen LogP contribution in [0.2, 0.25) is 0 Å². The first-order chi connectivity index (χ1) is 10.0. The Morgan fingerprint density at radius 3 is 2.71 bits per heavy atom. The molecule has 2 aromatic carbocycles. The highest BCUT2D eigenvalue weighted by Gasteiger charge is 2.14. The van der Waals surface area contributed by atoms with E-state index in [1.807, 2.05) is 0 Å². The summed E-state index contributed by atoms with van der Waals surface area (Å²) in [6, 6.07) is 10.9. The van der Waals surface area contributed by atoms with Crippen molar-refractivity contribution in [2.75, 3.05) is 17.4 Å². The maximum absolute atomic E-state index is 13.2. The minimum absolute atomic E-state index is 0.0948. The van der Waals surface area contributed by atoms with Crippen molar-refractivity contribution in [2.24, 2.45) is 5.84 Å². The normalized spacial score (nSPS) is 10.2. The van der Waals surface area contributed by atoms with E-state index >= 15 is 0 Å². The third kappa shape index (κ3) is 3.46. The summed E-state index contributed by atoms with van der Waals surface area (Å²) in [7, 11) is 1.79. The van der Waals surface area contributed by atoms with Gasteiger partial charge in [0, 0.05) is 25.3 Å². The lowest BCUT2D eigenvalue weighted by molar-refractivity contribution is -0.384. The van der Waals surface area contributed by atoms with Gasteiger partial charge < -0.3 is 10.3 Å². The summed E-state index contributed by atoms with van der Waals surface area (Å²) >= 11 is 0. The molecule has 0 aliphatic heterocycles. The molecule has 7 heteroatoms. The summed E-state index contributed by atoms with van der Waals surface area (Å²) in [5.41, 5.74) is 3.87. The molecule has 21 heavy (non-hydrogen) atoms. The van der Waals surface area contributed by atoms with Crippen molar-refractivity contribution in [1.29, 1.82) is 0 Å². The molecule has 110 valence electrons. The van der Waals surface area contributed by atoms with Gasteiger partial charge in [-0.05, 0) is 29.8 Å². The number of anilines is 2. The molecule has 0 fully saturated rings. The number of nitro benzene ring substituents is 1. The molecule has 2 rings (SSSR count). The average Bonchev–Trinajstić information content (AvgIpc) is 2.47. The molecular formula is C14H15FN4O2. The van der Waals surface area contributed by atoms with Gasteiger partial charge in [-0.15, -0.1) is 0 Å². The van der Waals surface area contributed by atoms with E-state index in [0.29, 0.717) is 12.2 Å². The van der Waals surface area contributed by atoms with Crippen LogP contribution < -0.4 is 16.2 Å². The molecule has 2 aromatic rings. The fourth-order valence-electron chi connectivity index (χ4n) is 2.03. The molecule has 6 nitrogen and oxygen atoms in total. The summed E-state index contributed by atoms with van der Waals surface area (Å²) in [5, 5.41) is 11.0. The van der Waals surface area contributed by atoms with Gasteiger partial charge in [-0.25, -0.2) is 4.39 Å². The minimum atomic E-state index is -0.499. The molecule has 0 saturated carbocycles. The van der Waals surface area contributed by atoms with E-state index in [2.05, 4.69) is 5.43 Å². The van der Waals surface area contributed by atoms with E-state index in [4.69, 9.17) is 5.84 Å². The molecule has 3 N–H and O–H groups in total. The van der Waals surface area contributed by atoms with Crippen LogP contribution in [0.5, 0.6) is 0 Å². The van der Waals surface area contributed by atoms with Crippen molar-refractivity contribution >= 4 is 17.1 Å². The lowest BCUT2D eigenvalue weighted by Gasteiger charge is -2.19. The Kier molecular flexibility index (Phi) is 4.34. The lowest BCUT2D eigenvalue weighted by atomic mass is 10.1. The summed E-state index contributed by atoms with van der Waals surface area (Å²) in [6.07, 6.45) is 0. The number of rotatable bonds is 5. The Balaban J connectivity index is 2.23. The largest absolute Gasteiger partial charge is 0.370 e. The van der Waals surface area contributed by atoms with E-state index in [-0.39, 0.29) is 17.2 Å². The molecule has 0 atom stereocenters. The number of hydrazine groups is 1. The zero-order valence-corrected chi connectivity index (χ0v) is 11.4. The van der Waals surface area contributed by atoms with Crippen LogP contribution >= 0.6 is 0 Å². The monoisotopic (exact) mass is 290 g/mol. The van der Waals surface area contributed by atoms with Crippen LogP contribution in [-0.4, -0.2) is 12.0 Å². The van der Waals surface area contributed by atoms with Gasteiger partial charge in [-0.3, -0.25) is 16.0 Å². The average molecular weight is 290 g/mol. The lowest BCUT2D eigenvalue weighted by Crippen LogP contribution is -2.17. The molecule has 0 bridgehead atoms. The van der Waals surface area contributed by atoms with Gasteiger partial charge in [0.25, 0.3) is 5.69 Å². The van der Waals surface area contributed by atoms with E-state index < -0.39 is 4.92 Å². The highest BCUT2D eigenvalue weighted by atomic mass is 19.1. The standard InChI is InChI=1S/C14H15FN4O2/c1-18(12-4-2-3-11(15)8-12)9-10-5-6-13(17-16)14(7-10)19(20)21/h2-8,17H,9,16H2,1H3. The predicted molar refractivity (Wildman–Crippen MR) is 79.4 cm³/mol. The van der Waals surface area contributed by atoms with Gasteiger partial charge in [0.1, 0.15) is 11.5 Å². The zero-order valence-electron chi connectivity index (χ0n) is 11.4. The van der Waals surface area contributed by atoms with E-state index in [9.17, 15) is 14.5 Å². The Labute approximate surface area is 121 Å². The van der Waals surface area contributed by atoms with Gasteiger partial charge in [0.2, 0.25) is 0 Å². The Bertz CT molecular complexity index is 663. The van der Waals surface area contributed by atoms with Crippen LogP contribution in [-0.2, 0) is 6.54 Å². The Hall–Kier alpha value is -2.67. The number of hydrogen-bond acceptors (Lipinski definition) is 5. The highest BCUT2D eigenvalue weighted by molar-refractivity contribution is 5.62. The van der Waals surface area contributed by atoms with Crippen LogP contribution in [0.15, 0.2) is 42.5 Å². The van der Waals surface area contributed by atoms with Gasteiger partial charge in [-0.2, -0.15) is 0 Å². The number of benzene rings is 2. The molecule has 0 aliphatic rings. The van der Waals surface area contributed by atoms with Crippen molar-refractivity contribution < 1.29 is 9.31 Å². The van der Waals surface area contributed by atoms with Crippen molar-refractivity contribution in [3.05, 3.63) is 64.0 Å². The topological polar surface area (TPSA) is 84.4 Å². The predicted octanol–water partition coefficient (Wildman–Crippen LogP) is 2.66. The first-order valence-corrected chi connectivity index (χ1v) is 6.22. The molecular weight excluding hydrogens is 275 g/mol. The zero-order chi connectivity index (χ0) is 15.4. The van der Waals surface area contributed by atoms with Crippen LogP contribution in [0.25, 0.3) is 0 Å². The second-order valence-electron chi connectivity index (χ2n) is 4.59. The number of hydrogen-bond donors (Lipinski definition) is 2. The van der Waals surface area contributed by atoms with Gasteiger partial charge in [0.05, 0.1) is 4.92 Å². The van der Waals surface area contributed by atoms with Crippen LogP contribution in [0.4, 0.5) is 21.5 Å². The maximum Gasteiger partial charge on any atom is 0.293 e. The molecule has 0 amide bonds. The molecule has 0 saturated heterocycles. The molecule has 0 spiro atoms. The van der Waals surface area contributed by atoms with Crippen molar-refractivity contribution in [3.63, 3.8) is 0 Å². The molecule has 0 unspecified atom stereocenters. The van der Waals surface area contributed by atoms with Crippen LogP contribution in [0.3, 0.4) is 0 Å². The van der Waals surface area contributed by atoms with Crippen molar-refractivity contribution in [1.82, 2.24) is 0 Å². The highest BCUT2D eigenvalue weighted by Crippen LogP contribution is 2.26. The first kappa shape index (κ1) is 14.7. The Morgan fingerprint density at radius 2 is 2.10 bits per heavy atom. The van der Waals surface area contributed by atoms with Crippen molar-refractivity contribution in [3.8, 4) is 0 Å². The van der Waals surface area contributed by atoms with Crippen LogP contribution in [0, 0.1) is 15.9 Å². The van der Waals surface area contributed by atoms with E-state index in [1.54, 1.807) is 36.2 Å². The second-order valence-corrected chi connectivity index (χ2v) is 4.59. The molecule has 0 aromatic heterocycles. The summed E-state index contributed by atoms with van der Waals surface area (Å²) in [5.74, 6) is 4.92. The SMILES string of the molecule is CN(Cc1ccc(NN)c([N+](=O)[O-])c1)c1cccc(F)c1. The maximum atomic E-state index is 13.2. The molecule has 0 aliphatic carbocycles. The van der Waals surface area contributed by atoms with E-state index in [0.717, 1.165) is 5.56 Å². The Morgan fingerprint density at radius 1 is 1.33 bits per heavy atom. The second kappa shape index (κ2) is 6.19.